The Hall–Kier alpha value is -2.55. The summed E-state index contributed by atoms with van der Waals surface area (Å²) in [6.45, 7) is 4.00. The van der Waals surface area contributed by atoms with Crippen molar-refractivity contribution in [3.05, 3.63) is 47.1 Å². The van der Waals surface area contributed by atoms with Gasteiger partial charge in [0.25, 0.3) is 0 Å². The zero-order chi connectivity index (χ0) is 18.5. The summed E-state index contributed by atoms with van der Waals surface area (Å²) in [5.74, 6) is -0.778. The molecule has 0 atom stereocenters. The van der Waals surface area contributed by atoms with Crippen LogP contribution in [-0.2, 0) is 13.1 Å². The van der Waals surface area contributed by atoms with Crippen molar-refractivity contribution in [3.8, 4) is 0 Å². The average Bonchev–Trinajstić information content (AvgIpc) is 3.04. The number of aromatic nitrogens is 2. The van der Waals surface area contributed by atoms with E-state index in [0.717, 1.165) is 37.6 Å². The molecule has 140 valence electrons. The predicted octanol–water partition coefficient (Wildman–Crippen LogP) is 2.12. The Balaban J connectivity index is 1.39. The van der Waals surface area contributed by atoms with Crippen molar-refractivity contribution in [1.82, 2.24) is 25.7 Å². The van der Waals surface area contributed by atoms with Crippen molar-refractivity contribution in [3.63, 3.8) is 0 Å². The molecule has 0 aliphatic carbocycles. The van der Waals surface area contributed by atoms with Crippen LogP contribution in [0.1, 0.15) is 30.1 Å². The molecule has 1 fully saturated rings. The lowest BCUT2D eigenvalue weighted by Gasteiger charge is -2.32. The largest absolute Gasteiger partial charge is 0.337 e. The third kappa shape index (κ3) is 4.98. The van der Waals surface area contributed by atoms with Gasteiger partial charge in [0.2, 0.25) is 5.89 Å². The van der Waals surface area contributed by atoms with E-state index in [1.165, 1.54) is 6.07 Å². The lowest BCUT2D eigenvalue weighted by atomic mass is 10.0. The maximum absolute atomic E-state index is 13.3. The molecule has 26 heavy (non-hydrogen) atoms. The summed E-state index contributed by atoms with van der Waals surface area (Å²) in [6, 6.07) is 3.76. The van der Waals surface area contributed by atoms with E-state index in [2.05, 4.69) is 25.7 Å². The number of nitrogens with one attached hydrogen (secondary N) is 2. The first-order valence-electron chi connectivity index (χ1n) is 8.49. The van der Waals surface area contributed by atoms with Crippen LogP contribution >= 0.6 is 0 Å². The summed E-state index contributed by atoms with van der Waals surface area (Å²) in [7, 11) is 0. The molecule has 0 bridgehead atoms. The highest BCUT2D eigenvalue weighted by atomic mass is 19.2. The molecule has 1 aliphatic heterocycles. The van der Waals surface area contributed by atoms with Gasteiger partial charge in [-0.3, -0.25) is 4.90 Å². The first-order valence-corrected chi connectivity index (χ1v) is 8.49. The number of urea groups is 1. The highest BCUT2D eigenvalue weighted by molar-refractivity contribution is 5.74. The minimum Gasteiger partial charge on any atom is -0.337 e. The number of amides is 2. The maximum atomic E-state index is 13.3. The molecule has 1 aliphatic rings. The number of carbonyl (C=O) groups is 1. The second-order valence-corrected chi connectivity index (χ2v) is 6.36. The summed E-state index contributed by atoms with van der Waals surface area (Å²) in [5.41, 5.74) is 0.739. The van der Waals surface area contributed by atoms with Crippen molar-refractivity contribution < 1.29 is 18.1 Å². The molecule has 9 heteroatoms. The molecule has 2 aromatic rings. The second-order valence-electron chi connectivity index (χ2n) is 6.36. The molecule has 1 aromatic heterocycles. The van der Waals surface area contributed by atoms with Gasteiger partial charge < -0.3 is 15.2 Å². The van der Waals surface area contributed by atoms with Gasteiger partial charge in [0.15, 0.2) is 17.5 Å². The van der Waals surface area contributed by atoms with E-state index < -0.39 is 11.6 Å². The van der Waals surface area contributed by atoms with Crippen LogP contribution in [0.25, 0.3) is 0 Å². The Morgan fingerprint density at radius 3 is 2.73 bits per heavy atom. The van der Waals surface area contributed by atoms with Gasteiger partial charge in [0.05, 0.1) is 6.54 Å². The Kier molecular flexibility index (Phi) is 5.77. The average molecular weight is 365 g/mol. The van der Waals surface area contributed by atoms with Crippen molar-refractivity contribution in [1.29, 1.82) is 0 Å². The lowest BCUT2D eigenvalue weighted by molar-refractivity contribution is 0.186. The number of hydrogen-bond donors (Lipinski definition) is 2. The summed E-state index contributed by atoms with van der Waals surface area (Å²) in [5, 5.41) is 9.26. The number of piperidine rings is 1. The van der Waals surface area contributed by atoms with Crippen molar-refractivity contribution in [2.75, 3.05) is 13.1 Å². The molecule has 0 saturated carbocycles. The number of halogens is 2. The standard InChI is InChI=1S/C17H21F2N5O2/c1-11-21-16(26-23-11)9-20-17(25)22-13-4-6-24(7-5-13)10-12-2-3-14(18)15(19)8-12/h2-3,8,13H,4-7,9-10H2,1H3,(H2,20,22,25). The molecular formula is C17H21F2N5O2. The number of likely N-dealkylation sites (tertiary alicyclic amines) is 1. The van der Waals surface area contributed by atoms with Gasteiger partial charge >= 0.3 is 6.03 Å². The fourth-order valence-electron chi connectivity index (χ4n) is 2.94. The van der Waals surface area contributed by atoms with Crippen LogP contribution in [0, 0.1) is 18.6 Å². The number of rotatable bonds is 5. The van der Waals surface area contributed by atoms with Crippen LogP contribution < -0.4 is 10.6 Å². The quantitative estimate of drug-likeness (QED) is 0.848. The van der Waals surface area contributed by atoms with Gasteiger partial charge in [0, 0.05) is 25.7 Å². The van der Waals surface area contributed by atoms with Gasteiger partial charge in [-0.2, -0.15) is 4.98 Å². The predicted molar refractivity (Wildman–Crippen MR) is 89.1 cm³/mol. The fourth-order valence-corrected chi connectivity index (χ4v) is 2.94. The van der Waals surface area contributed by atoms with Crippen LogP contribution in [0.15, 0.2) is 22.7 Å². The summed E-state index contributed by atoms with van der Waals surface area (Å²) < 4.78 is 31.2. The van der Waals surface area contributed by atoms with Crippen LogP contribution in [0.5, 0.6) is 0 Å². The number of benzene rings is 1. The Morgan fingerprint density at radius 1 is 1.31 bits per heavy atom. The van der Waals surface area contributed by atoms with E-state index in [-0.39, 0.29) is 18.6 Å². The molecular weight excluding hydrogens is 344 g/mol. The molecule has 3 rings (SSSR count). The molecule has 0 spiro atoms. The second kappa shape index (κ2) is 8.22. The molecule has 2 N–H and O–H groups in total. The minimum absolute atomic E-state index is 0.0700. The molecule has 0 unspecified atom stereocenters. The highest BCUT2D eigenvalue weighted by Crippen LogP contribution is 2.15. The number of hydrogen-bond acceptors (Lipinski definition) is 5. The van der Waals surface area contributed by atoms with Crippen molar-refractivity contribution in [2.45, 2.75) is 38.9 Å². The fraction of sp³-hybridized carbons (Fsp3) is 0.471. The monoisotopic (exact) mass is 365 g/mol. The first kappa shape index (κ1) is 18.2. The Bertz CT molecular complexity index is 759. The summed E-state index contributed by atoms with van der Waals surface area (Å²) in [4.78, 5) is 18.1. The van der Waals surface area contributed by atoms with Crippen LogP contribution in [-0.4, -0.2) is 40.2 Å². The van der Waals surface area contributed by atoms with Crippen molar-refractivity contribution in [2.24, 2.45) is 0 Å². The number of aryl methyl sites for hydroxylation is 1. The molecule has 7 nitrogen and oxygen atoms in total. The third-order valence-electron chi connectivity index (χ3n) is 4.28. The van der Waals surface area contributed by atoms with E-state index in [4.69, 9.17) is 4.52 Å². The summed E-state index contributed by atoms with van der Waals surface area (Å²) in [6.07, 6.45) is 1.58. The van der Waals surface area contributed by atoms with E-state index in [1.807, 2.05) is 0 Å². The van der Waals surface area contributed by atoms with Gasteiger partial charge in [-0.15, -0.1) is 0 Å². The zero-order valence-corrected chi connectivity index (χ0v) is 14.5. The number of carbonyl (C=O) groups excluding carboxylic acids is 1. The van der Waals surface area contributed by atoms with Gasteiger partial charge in [-0.05, 0) is 37.5 Å². The van der Waals surface area contributed by atoms with Gasteiger partial charge in [-0.25, -0.2) is 13.6 Å². The number of nitrogens with zero attached hydrogens (tertiary/aromatic N) is 3. The zero-order valence-electron chi connectivity index (χ0n) is 14.5. The molecule has 2 amide bonds. The molecule has 1 saturated heterocycles. The summed E-state index contributed by atoms with van der Waals surface area (Å²) >= 11 is 0. The first-order chi connectivity index (χ1) is 12.5. The molecule has 2 heterocycles. The molecule has 1 aromatic carbocycles. The van der Waals surface area contributed by atoms with E-state index >= 15 is 0 Å². The Labute approximate surface area is 149 Å². The van der Waals surface area contributed by atoms with Crippen LogP contribution in [0.3, 0.4) is 0 Å². The Morgan fingerprint density at radius 2 is 2.08 bits per heavy atom. The van der Waals surface area contributed by atoms with Gasteiger partial charge in [-0.1, -0.05) is 11.2 Å². The lowest BCUT2D eigenvalue weighted by Crippen LogP contribution is -2.47. The molecule has 0 radical (unpaired) electrons. The smallest absolute Gasteiger partial charge is 0.315 e. The van der Waals surface area contributed by atoms with Gasteiger partial charge in [0.1, 0.15) is 0 Å². The van der Waals surface area contributed by atoms with E-state index in [9.17, 15) is 13.6 Å². The SMILES string of the molecule is Cc1noc(CNC(=O)NC2CCN(Cc3ccc(F)c(F)c3)CC2)n1. The third-order valence-corrected chi connectivity index (χ3v) is 4.28. The van der Waals surface area contributed by atoms with E-state index in [0.29, 0.717) is 18.3 Å². The van der Waals surface area contributed by atoms with Crippen LogP contribution in [0.2, 0.25) is 0 Å². The minimum atomic E-state index is -0.835. The normalized spacial score (nSPS) is 15.8. The van der Waals surface area contributed by atoms with E-state index in [1.54, 1.807) is 13.0 Å². The van der Waals surface area contributed by atoms with Crippen LogP contribution in [0.4, 0.5) is 13.6 Å². The maximum Gasteiger partial charge on any atom is 0.315 e. The highest BCUT2D eigenvalue weighted by Gasteiger charge is 2.21. The van der Waals surface area contributed by atoms with Crippen molar-refractivity contribution >= 4 is 6.03 Å². The topological polar surface area (TPSA) is 83.3 Å².